The van der Waals surface area contributed by atoms with Crippen LogP contribution >= 0.6 is 0 Å². The number of rotatable bonds is 4. The van der Waals surface area contributed by atoms with E-state index in [1.807, 2.05) is 33.8 Å². The van der Waals surface area contributed by atoms with Gasteiger partial charge in [-0.2, -0.15) is 10.5 Å². The summed E-state index contributed by atoms with van der Waals surface area (Å²) in [4.78, 5) is 11.5. The average molecular weight is 208 g/mol. The Bertz CT molecular complexity index is 308. The molecule has 0 aromatic heterocycles. The van der Waals surface area contributed by atoms with Crippen LogP contribution in [0.3, 0.4) is 0 Å². The molecule has 0 aliphatic heterocycles. The molecule has 0 radical (unpaired) electrons. The third-order valence-electron chi connectivity index (χ3n) is 2.88. The van der Waals surface area contributed by atoms with Crippen molar-refractivity contribution < 1.29 is 9.53 Å². The summed E-state index contributed by atoms with van der Waals surface area (Å²) in [6.07, 6.45) is 0. The number of ether oxygens (including phenoxy) is 1. The van der Waals surface area contributed by atoms with E-state index >= 15 is 0 Å². The summed E-state index contributed by atoms with van der Waals surface area (Å²) in [5.74, 6) is -1.26. The first-order valence-electron chi connectivity index (χ1n) is 4.81. The summed E-state index contributed by atoms with van der Waals surface area (Å²) in [6.45, 7) is 7.29. The van der Waals surface area contributed by atoms with E-state index < -0.39 is 17.3 Å². The smallest absolute Gasteiger partial charge is 0.324 e. The molecule has 0 aliphatic rings. The van der Waals surface area contributed by atoms with Crippen LogP contribution in [0.25, 0.3) is 0 Å². The largest absolute Gasteiger partial charge is 0.449 e. The third-order valence-corrected chi connectivity index (χ3v) is 2.88. The molecule has 1 unspecified atom stereocenters. The number of hydrogen-bond acceptors (Lipinski definition) is 4. The van der Waals surface area contributed by atoms with Gasteiger partial charge in [-0.15, -0.1) is 0 Å². The maximum atomic E-state index is 11.5. The molecule has 0 rings (SSSR count). The van der Waals surface area contributed by atoms with Crippen molar-refractivity contribution in [2.45, 2.75) is 27.7 Å². The number of nitriles is 2. The number of hydrogen-bond donors (Lipinski definition) is 0. The number of esters is 1. The lowest BCUT2D eigenvalue weighted by atomic mass is 9.71. The van der Waals surface area contributed by atoms with Crippen LogP contribution in [-0.4, -0.2) is 12.6 Å². The van der Waals surface area contributed by atoms with Gasteiger partial charge in [0.1, 0.15) is 12.0 Å². The molecule has 0 spiro atoms. The molecule has 1 atom stereocenters. The third kappa shape index (κ3) is 3.25. The Morgan fingerprint density at radius 3 is 2.27 bits per heavy atom. The molecule has 4 nitrogen and oxygen atoms in total. The molecule has 0 bridgehead atoms. The van der Waals surface area contributed by atoms with Crippen molar-refractivity contribution in [3.63, 3.8) is 0 Å². The SMILES string of the molecule is CC(C)C(C)(C)C(C#N)C(=O)OCC#N. The van der Waals surface area contributed by atoms with Crippen molar-refractivity contribution in [3.8, 4) is 12.1 Å². The first-order chi connectivity index (χ1) is 6.87. The van der Waals surface area contributed by atoms with E-state index in [0.717, 1.165) is 0 Å². The molecule has 15 heavy (non-hydrogen) atoms. The van der Waals surface area contributed by atoms with E-state index in [-0.39, 0.29) is 12.5 Å². The van der Waals surface area contributed by atoms with Crippen LogP contribution in [0.2, 0.25) is 0 Å². The van der Waals surface area contributed by atoms with Gasteiger partial charge in [-0.05, 0) is 11.3 Å². The van der Waals surface area contributed by atoms with Gasteiger partial charge >= 0.3 is 5.97 Å². The Morgan fingerprint density at radius 1 is 1.40 bits per heavy atom. The maximum Gasteiger partial charge on any atom is 0.324 e. The van der Waals surface area contributed by atoms with Gasteiger partial charge in [0.15, 0.2) is 6.61 Å². The minimum atomic E-state index is -0.828. The molecule has 0 saturated heterocycles. The van der Waals surface area contributed by atoms with Gasteiger partial charge in [-0.1, -0.05) is 27.7 Å². The molecule has 4 heteroatoms. The van der Waals surface area contributed by atoms with Crippen molar-refractivity contribution in [1.82, 2.24) is 0 Å². The highest BCUT2D eigenvalue weighted by atomic mass is 16.5. The Labute approximate surface area is 90.4 Å². The second-order valence-electron chi connectivity index (χ2n) is 4.30. The van der Waals surface area contributed by atoms with Crippen molar-refractivity contribution in [1.29, 1.82) is 10.5 Å². The van der Waals surface area contributed by atoms with Gasteiger partial charge in [0.2, 0.25) is 0 Å². The van der Waals surface area contributed by atoms with Crippen LogP contribution in [0.4, 0.5) is 0 Å². The molecule has 0 heterocycles. The standard InChI is InChI=1S/C11H16N2O2/c1-8(2)11(3,4)9(7-13)10(14)15-6-5-12/h8-9H,6H2,1-4H3. The minimum Gasteiger partial charge on any atom is -0.449 e. The van der Waals surface area contributed by atoms with E-state index in [9.17, 15) is 4.79 Å². The summed E-state index contributed by atoms with van der Waals surface area (Å²) in [5.41, 5.74) is -0.457. The fourth-order valence-electron chi connectivity index (χ4n) is 1.04. The molecule has 0 aromatic carbocycles. The van der Waals surface area contributed by atoms with Gasteiger partial charge in [0.25, 0.3) is 0 Å². The predicted octanol–water partition coefficient (Wildman–Crippen LogP) is 1.88. The Hall–Kier alpha value is -1.55. The Kier molecular flexibility index (Phi) is 4.81. The lowest BCUT2D eigenvalue weighted by molar-refractivity contribution is -0.149. The van der Waals surface area contributed by atoms with E-state index in [1.165, 1.54) is 0 Å². The molecule has 82 valence electrons. The van der Waals surface area contributed by atoms with Gasteiger partial charge in [0, 0.05) is 0 Å². The van der Waals surface area contributed by atoms with Crippen molar-refractivity contribution >= 4 is 5.97 Å². The summed E-state index contributed by atoms with van der Waals surface area (Å²) < 4.78 is 4.66. The molecule has 0 fully saturated rings. The highest BCUT2D eigenvalue weighted by Gasteiger charge is 2.38. The summed E-state index contributed by atoms with van der Waals surface area (Å²) in [7, 11) is 0. The van der Waals surface area contributed by atoms with E-state index in [2.05, 4.69) is 4.74 Å². The molecule has 0 amide bonds. The maximum absolute atomic E-state index is 11.5. The monoisotopic (exact) mass is 208 g/mol. The normalized spacial score (nSPS) is 12.7. The van der Waals surface area contributed by atoms with E-state index in [1.54, 1.807) is 6.07 Å². The zero-order valence-corrected chi connectivity index (χ0v) is 9.57. The Balaban J connectivity index is 4.72. The lowest BCUT2D eigenvalue weighted by Crippen LogP contribution is -2.35. The second-order valence-corrected chi connectivity index (χ2v) is 4.30. The first-order valence-corrected chi connectivity index (χ1v) is 4.81. The van der Waals surface area contributed by atoms with E-state index in [0.29, 0.717) is 0 Å². The van der Waals surface area contributed by atoms with Gasteiger partial charge in [0.05, 0.1) is 6.07 Å². The second kappa shape index (κ2) is 5.36. The van der Waals surface area contributed by atoms with Crippen LogP contribution in [0.5, 0.6) is 0 Å². The van der Waals surface area contributed by atoms with Crippen molar-refractivity contribution in [2.24, 2.45) is 17.3 Å². The molecule has 0 aliphatic carbocycles. The fourth-order valence-corrected chi connectivity index (χ4v) is 1.04. The molecule has 0 aromatic rings. The number of carbonyl (C=O) groups excluding carboxylic acids is 1. The highest BCUT2D eigenvalue weighted by molar-refractivity contribution is 5.76. The van der Waals surface area contributed by atoms with Crippen molar-refractivity contribution in [3.05, 3.63) is 0 Å². The molecular formula is C11H16N2O2. The predicted molar refractivity (Wildman–Crippen MR) is 54.3 cm³/mol. The zero-order valence-electron chi connectivity index (χ0n) is 9.57. The number of nitrogens with zero attached hydrogens (tertiary/aromatic N) is 2. The van der Waals surface area contributed by atoms with Crippen LogP contribution in [-0.2, 0) is 9.53 Å². The van der Waals surface area contributed by atoms with Crippen LogP contribution in [0.1, 0.15) is 27.7 Å². The summed E-state index contributed by atoms with van der Waals surface area (Å²) in [5, 5.41) is 17.2. The molecule has 0 N–H and O–H groups in total. The van der Waals surface area contributed by atoms with Crippen molar-refractivity contribution in [2.75, 3.05) is 6.61 Å². The van der Waals surface area contributed by atoms with Crippen LogP contribution in [0.15, 0.2) is 0 Å². The topological polar surface area (TPSA) is 73.9 Å². The van der Waals surface area contributed by atoms with Gasteiger partial charge < -0.3 is 4.74 Å². The molecule has 0 saturated carbocycles. The summed E-state index contributed by atoms with van der Waals surface area (Å²) in [6, 6.07) is 3.65. The first kappa shape index (κ1) is 13.4. The van der Waals surface area contributed by atoms with E-state index in [4.69, 9.17) is 10.5 Å². The minimum absolute atomic E-state index is 0.178. The lowest BCUT2D eigenvalue weighted by Gasteiger charge is -2.31. The van der Waals surface area contributed by atoms with Gasteiger partial charge in [-0.25, -0.2) is 0 Å². The molecular weight excluding hydrogens is 192 g/mol. The summed E-state index contributed by atoms with van der Waals surface area (Å²) >= 11 is 0. The number of carbonyl (C=O) groups is 1. The average Bonchev–Trinajstić information content (AvgIpc) is 2.15. The highest BCUT2D eigenvalue weighted by Crippen LogP contribution is 2.35. The fraction of sp³-hybridized carbons (Fsp3) is 0.727. The van der Waals surface area contributed by atoms with Gasteiger partial charge in [-0.3, -0.25) is 4.79 Å². The Morgan fingerprint density at radius 2 is 1.93 bits per heavy atom. The van der Waals surface area contributed by atoms with Crippen LogP contribution < -0.4 is 0 Å². The zero-order chi connectivity index (χ0) is 12.1. The van der Waals surface area contributed by atoms with Crippen LogP contribution in [0, 0.1) is 39.9 Å². The quantitative estimate of drug-likeness (QED) is 0.661.